The van der Waals surface area contributed by atoms with Crippen molar-refractivity contribution < 1.29 is 19.4 Å². The second-order valence-corrected chi connectivity index (χ2v) is 4.50. The lowest BCUT2D eigenvalue weighted by atomic mass is 10.3. The summed E-state index contributed by atoms with van der Waals surface area (Å²) < 4.78 is 12.4. The van der Waals surface area contributed by atoms with E-state index < -0.39 is 5.97 Å². The summed E-state index contributed by atoms with van der Waals surface area (Å²) in [5.74, 6) is 0.793. The summed E-state index contributed by atoms with van der Waals surface area (Å²) in [6, 6.07) is 10.3. The lowest BCUT2D eigenvalue weighted by molar-refractivity contribution is 0.0698. The number of carboxylic acid groups (broad SMARTS) is 1. The molecule has 0 aliphatic carbocycles. The Balaban J connectivity index is 1.85. The molecule has 2 aromatic heterocycles. The lowest BCUT2D eigenvalue weighted by Crippen LogP contribution is -2.04. The van der Waals surface area contributed by atoms with Crippen LogP contribution in [-0.4, -0.2) is 32.8 Å². The number of ether oxygens (including phenoxy) is 2. The van der Waals surface area contributed by atoms with Gasteiger partial charge in [0, 0.05) is 12.3 Å². The topological polar surface area (TPSA) is 86.0 Å². The predicted molar refractivity (Wildman–Crippen MR) is 77.3 cm³/mol. The first kappa shape index (κ1) is 13.9. The molecule has 3 aromatic rings. The van der Waals surface area contributed by atoms with Crippen molar-refractivity contribution in [3.8, 4) is 11.5 Å². The zero-order valence-electron chi connectivity index (χ0n) is 11.8. The molecule has 7 heteroatoms. The third-order valence-corrected chi connectivity index (χ3v) is 3.14. The molecule has 1 N–H and O–H groups in total. The molecule has 0 aliphatic heterocycles. The van der Waals surface area contributed by atoms with Crippen LogP contribution >= 0.6 is 0 Å². The highest BCUT2D eigenvalue weighted by atomic mass is 16.5. The molecule has 1 aromatic carbocycles. The Bertz CT molecular complexity index is 829. The molecule has 0 saturated carbocycles. The summed E-state index contributed by atoms with van der Waals surface area (Å²) in [4.78, 5) is 11.1. The third kappa shape index (κ3) is 2.56. The van der Waals surface area contributed by atoms with Crippen LogP contribution in [0.25, 0.3) is 5.65 Å². The van der Waals surface area contributed by atoms with Crippen molar-refractivity contribution in [2.45, 2.75) is 6.61 Å². The average Bonchev–Trinajstić information content (AvgIpc) is 2.96. The number of fused-ring (bicyclic) bond motifs is 1. The number of methoxy groups -OCH3 is 1. The van der Waals surface area contributed by atoms with Gasteiger partial charge >= 0.3 is 5.97 Å². The molecule has 0 fully saturated rings. The minimum Gasteiger partial charge on any atom is -0.497 e. The molecule has 0 bridgehead atoms. The van der Waals surface area contributed by atoms with Crippen molar-refractivity contribution >= 4 is 11.6 Å². The van der Waals surface area contributed by atoms with Crippen LogP contribution in [0.15, 0.2) is 42.6 Å². The lowest BCUT2D eigenvalue weighted by Gasteiger charge is -2.07. The van der Waals surface area contributed by atoms with Crippen LogP contribution in [0.3, 0.4) is 0 Å². The van der Waals surface area contributed by atoms with E-state index in [1.807, 2.05) is 12.1 Å². The molecule has 2 heterocycles. The molecule has 3 rings (SSSR count). The molecule has 0 saturated heterocycles. The van der Waals surface area contributed by atoms with Crippen LogP contribution in [0.4, 0.5) is 0 Å². The number of carbonyl (C=O) groups is 1. The normalized spacial score (nSPS) is 10.6. The number of pyridine rings is 1. The fraction of sp³-hybridized carbons (Fsp3) is 0.133. The first-order valence-corrected chi connectivity index (χ1v) is 6.52. The van der Waals surface area contributed by atoms with Gasteiger partial charge in [0.1, 0.15) is 23.7 Å². The molecule has 0 amide bonds. The Kier molecular flexibility index (Phi) is 3.61. The van der Waals surface area contributed by atoms with Crippen LogP contribution in [0.5, 0.6) is 11.5 Å². The second-order valence-electron chi connectivity index (χ2n) is 4.50. The molecule has 0 unspecified atom stereocenters. The summed E-state index contributed by atoms with van der Waals surface area (Å²) in [7, 11) is 1.58. The smallest absolute Gasteiger partial charge is 0.339 e. The van der Waals surface area contributed by atoms with Crippen LogP contribution in [-0.2, 0) is 6.61 Å². The maximum Gasteiger partial charge on any atom is 0.339 e. The fourth-order valence-electron chi connectivity index (χ4n) is 2.07. The van der Waals surface area contributed by atoms with Crippen LogP contribution < -0.4 is 9.47 Å². The summed E-state index contributed by atoms with van der Waals surface area (Å²) in [6.07, 6.45) is 1.70. The molecule has 0 aliphatic rings. The van der Waals surface area contributed by atoms with Gasteiger partial charge in [-0.15, -0.1) is 10.2 Å². The van der Waals surface area contributed by atoms with Gasteiger partial charge in [-0.25, -0.2) is 4.79 Å². The Morgan fingerprint density at radius 1 is 1.23 bits per heavy atom. The summed E-state index contributed by atoms with van der Waals surface area (Å²) in [5, 5.41) is 17.0. The van der Waals surface area contributed by atoms with Crippen LogP contribution in [0.1, 0.15) is 16.2 Å². The SMILES string of the molecule is COc1cccc(OCc2nnc3c(C(=O)O)cccn23)c1. The van der Waals surface area contributed by atoms with E-state index in [2.05, 4.69) is 10.2 Å². The molecule has 112 valence electrons. The molecule has 7 nitrogen and oxygen atoms in total. The Morgan fingerprint density at radius 2 is 2.05 bits per heavy atom. The Morgan fingerprint density at radius 3 is 2.82 bits per heavy atom. The van der Waals surface area contributed by atoms with Gasteiger partial charge in [0.15, 0.2) is 11.5 Å². The quantitative estimate of drug-likeness (QED) is 0.775. The van der Waals surface area contributed by atoms with E-state index in [0.29, 0.717) is 23.0 Å². The minimum absolute atomic E-state index is 0.0997. The molecular formula is C15H13N3O4. The van der Waals surface area contributed by atoms with Crippen molar-refractivity contribution in [3.05, 3.63) is 54.0 Å². The molecule has 0 spiro atoms. The maximum atomic E-state index is 11.1. The highest BCUT2D eigenvalue weighted by Gasteiger charge is 2.14. The van der Waals surface area contributed by atoms with E-state index in [4.69, 9.17) is 14.6 Å². The predicted octanol–water partition coefficient (Wildman–Crippen LogP) is 2.02. The minimum atomic E-state index is -1.04. The summed E-state index contributed by atoms with van der Waals surface area (Å²) in [6.45, 7) is 0.164. The van der Waals surface area contributed by atoms with Gasteiger partial charge in [-0.3, -0.25) is 4.40 Å². The van der Waals surface area contributed by atoms with E-state index in [1.165, 1.54) is 6.07 Å². The molecule has 0 radical (unpaired) electrons. The number of aromatic carboxylic acids is 1. The number of hydrogen-bond acceptors (Lipinski definition) is 5. The number of benzene rings is 1. The van der Waals surface area contributed by atoms with E-state index >= 15 is 0 Å². The van der Waals surface area contributed by atoms with E-state index in [9.17, 15) is 4.79 Å². The van der Waals surface area contributed by atoms with Gasteiger partial charge in [0.25, 0.3) is 0 Å². The number of carboxylic acids is 1. The van der Waals surface area contributed by atoms with Gasteiger partial charge in [0.2, 0.25) is 0 Å². The van der Waals surface area contributed by atoms with E-state index in [-0.39, 0.29) is 12.2 Å². The Labute approximate surface area is 125 Å². The third-order valence-electron chi connectivity index (χ3n) is 3.14. The average molecular weight is 299 g/mol. The van der Waals surface area contributed by atoms with Gasteiger partial charge in [-0.2, -0.15) is 0 Å². The van der Waals surface area contributed by atoms with Crippen molar-refractivity contribution in [1.82, 2.24) is 14.6 Å². The van der Waals surface area contributed by atoms with Crippen molar-refractivity contribution in [3.63, 3.8) is 0 Å². The highest BCUT2D eigenvalue weighted by molar-refractivity contribution is 5.94. The first-order valence-electron chi connectivity index (χ1n) is 6.52. The van der Waals surface area contributed by atoms with Crippen LogP contribution in [0.2, 0.25) is 0 Å². The second kappa shape index (κ2) is 5.72. The molecular weight excluding hydrogens is 286 g/mol. The first-order chi connectivity index (χ1) is 10.7. The zero-order chi connectivity index (χ0) is 15.5. The standard InChI is InChI=1S/C15H13N3O4/c1-21-10-4-2-5-11(8-10)22-9-13-16-17-14-12(15(19)20)6-3-7-18(13)14/h2-8H,9H2,1H3,(H,19,20). The number of rotatable bonds is 5. The monoisotopic (exact) mass is 299 g/mol. The molecule has 22 heavy (non-hydrogen) atoms. The summed E-state index contributed by atoms with van der Waals surface area (Å²) >= 11 is 0. The van der Waals surface area contributed by atoms with E-state index in [0.717, 1.165) is 0 Å². The van der Waals surface area contributed by atoms with E-state index in [1.54, 1.807) is 35.9 Å². The number of aromatic nitrogens is 3. The zero-order valence-corrected chi connectivity index (χ0v) is 11.8. The van der Waals surface area contributed by atoms with Crippen LogP contribution in [0, 0.1) is 0 Å². The van der Waals surface area contributed by atoms with Gasteiger partial charge in [0.05, 0.1) is 7.11 Å². The van der Waals surface area contributed by atoms with Gasteiger partial charge in [-0.1, -0.05) is 6.07 Å². The summed E-state index contributed by atoms with van der Waals surface area (Å²) in [5.41, 5.74) is 0.391. The van der Waals surface area contributed by atoms with Crippen molar-refractivity contribution in [1.29, 1.82) is 0 Å². The molecule has 0 atom stereocenters. The largest absolute Gasteiger partial charge is 0.497 e. The highest BCUT2D eigenvalue weighted by Crippen LogP contribution is 2.20. The number of hydrogen-bond donors (Lipinski definition) is 1. The van der Waals surface area contributed by atoms with Crippen molar-refractivity contribution in [2.24, 2.45) is 0 Å². The van der Waals surface area contributed by atoms with Gasteiger partial charge < -0.3 is 14.6 Å². The number of nitrogens with zero attached hydrogens (tertiary/aromatic N) is 3. The van der Waals surface area contributed by atoms with Gasteiger partial charge in [-0.05, 0) is 24.3 Å². The maximum absolute atomic E-state index is 11.1. The Hall–Kier alpha value is -3.09. The van der Waals surface area contributed by atoms with Crippen molar-refractivity contribution in [2.75, 3.05) is 7.11 Å². The fourth-order valence-corrected chi connectivity index (χ4v) is 2.07.